The summed E-state index contributed by atoms with van der Waals surface area (Å²) < 4.78 is 0.264. The van der Waals surface area contributed by atoms with E-state index in [-0.39, 0.29) is 10.3 Å². The molecule has 3 N–H and O–H groups in total. The molecular weight excluding hydrogens is 202 g/mol. The van der Waals surface area contributed by atoms with Crippen molar-refractivity contribution in [3.63, 3.8) is 0 Å². The number of aromatic carboxylic acids is 1. The molecule has 1 aromatic heterocycles. The lowest BCUT2D eigenvalue weighted by Gasteiger charge is -2.04. The summed E-state index contributed by atoms with van der Waals surface area (Å²) in [5, 5.41) is 11.7. The predicted molar refractivity (Wildman–Crippen MR) is 55.2 cm³/mol. The van der Waals surface area contributed by atoms with Gasteiger partial charge in [0, 0.05) is 12.6 Å². The van der Waals surface area contributed by atoms with Gasteiger partial charge in [-0.05, 0) is 6.42 Å². The second-order valence-corrected chi connectivity index (χ2v) is 3.13. The normalized spacial score (nSPS) is 9.79. The minimum atomic E-state index is -1.04. The van der Waals surface area contributed by atoms with E-state index in [1.807, 2.05) is 6.92 Å². The Morgan fingerprint density at radius 1 is 1.79 bits per heavy atom. The highest BCUT2D eigenvalue weighted by atomic mass is 32.1. The molecule has 14 heavy (non-hydrogen) atoms. The number of H-pyrrole nitrogens is 1. The second-order valence-electron chi connectivity index (χ2n) is 2.71. The Labute approximate surface area is 86.2 Å². The summed E-state index contributed by atoms with van der Waals surface area (Å²) in [6, 6.07) is 1.31. The molecule has 0 bridgehead atoms. The zero-order valence-electron chi connectivity index (χ0n) is 7.70. The van der Waals surface area contributed by atoms with Crippen molar-refractivity contribution < 1.29 is 9.90 Å². The Hall–Kier alpha value is -1.43. The van der Waals surface area contributed by atoms with E-state index in [0.29, 0.717) is 5.95 Å². The van der Waals surface area contributed by atoms with Crippen molar-refractivity contribution in [2.75, 3.05) is 11.9 Å². The van der Waals surface area contributed by atoms with Gasteiger partial charge in [-0.25, -0.2) is 9.78 Å². The highest BCUT2D eigenvalue weighted by molar-refractivity contribution is 7.71. The average Bonchev–Trinajstić information content (AvgIpc) is 2.14. The zero-order chi connectivity index (χ0) is 10.6. The van der Waals surface area contributed by atoms with Crippen molar-refractivity contribution >= 4 is 24.1 Å². The lowest BCUT2D eigenvalue weighted by Crippen LogP contribution is -2.08. The fourth-order valence-electron chi connectivity index (χ4n) is 0.900. The van der Waals surface area contributed by atoms with E-state index in [2.05, 4.69) is 15.3 Å². The van der Waals surface area contributed by atoms with Crippen molar-refractivity contribution in [1.82, 2.24) is 9.97 Å². The molecule has 0 radical (unpaired) electrons. The van der Waals surface area contributed by atoms with Gasteiger partial charge in [0.05, 0.1) is 0 Å². The molecule has 0 aliphatic carbocycles. The highest BCUT2D eigenvalue weighted by Gasteiger charge is 2.04. The van der Waals surface area contributed by atoms with Crippen LogP contribution in [0.3, 0.4) is 0 Å². The van der Waals surface area contributed by atoms with Gasteiger partial charge >= 0.3 is 5.97 Å². The number of nitrogens with zero attached hydrogens (tertiary/aromatic N) is 1. The number of carbonyl (C=O) groups is 1. The van der Waals surface area contributed by atoms with E-state index in [0.717, 1.165) is 13.0 Å². The van der Waals surface area contributed by atoms with Crippen LogP contribution < -0.4 is 5.32 Å². The first-order valence-electron chi connectivity index (χ1n) is 4.22. The summed E-state index contributed by atoms with van der Waals surface area (Å²) >= 11 is 4.82. The van der Waals surface area contributed by atoms with Gasteiger partial charge in [0.25, 0.3) is 0 Å². The van der Waals surface area contributed by atoms with E-state index < -0.39 is 5.97 Å². The number of anilines is 1. The van der Waals surface area contributed by atoms with Gasteiger partial charge < -0.3 is 15.4 Å². The Morgan fingerprint density at radius 3 is 3.07 bits per heavy atom. The molecular formula is C8H11N3O2S. The van der Waals surface area contributed by atoms with Crippen LogP contribution in [0, 0.1) is 4.64 Å². The fraction of sp³-hybridized carbons (Fsp3) is 0.375. The van der Waals surface area contributed by atoms with Gasteiger partial charge in [-0.1, -0.05) is 19.1 Å². The lowest BCUT2D eigenvalue weighted by molar-refractivity contribution is 0.0690. The molecule has 1 rings (SSSR count). The first-order chi connectivity index (χ1) is 6.63. The molecule has 0 spiro atoms. The number of aromatic nitrogens is 2. The molecule has 6 heteroatoms. The molecule has 0 saturated heterocycles. The molecule has 0 saturated carbocycles. The van der Waals surface area contributed by atoms with Crippen molar-refractivity contribution in [1.29, 1.82) is 0 Å². The van der Waals surface area contributed by atoms with E-state index in [1.54, 1.807) is 0 Å². The Bertz CT molecular complexity index is 388. The SMILES string of the molecule is CCCNc1nc(=S)cc(C(=O)O)[nH]1. The maximum atomic E-state index is 10.6. The van der Waals surface area contributed by atoms with Crippen molar-refractivity contribution in [3.8, 4) is 0 Å². The third-order valence-corrected chi connectivity index (χ3v) is 1.72. The van der Waals surface area contributed by atoms with Crippen LogP contribution in [0.4, 0.5) is 5.95 Å². The van der Waals surface area contributed by atoms with Crippen LogP contribution in [0.2, 0.25) is 0 Å². The van der Waals surface area contributed by atoms with Crippen molar-refractivity contribution in [2.45, 2.75) is 13.3 Å². The Morgan fingerprint density at radius 2 is 2.50 bits per heavy atom. The molecule has 76 valence electrons. The minimum Gasteiger partial charge on any atom is -0.477 e. The summed E-state index contributed by atoms with van der Waals surface area (Å²) in [5.41, 5.74) is 0.0450. The number of aromatic amines is 1. The lowest BCUT2D eigenvalue weighted by atomic mass is 10.4. The maximum absolute atomic E-state index is 10.6. The van der Waals surface area contributed by atoms with Crippen LogP contribution in [0.25, 0.3) is 0 Å². The third kappa shape index (κ3) is 2.81. The summed E-state index contributed by atoms with van der Waals surface area (Å²) in [4.78, 5) is 17.2. The van der Waals surface area contributed by atoms with Crippen LogP contribution in [0.5, 0.6) is 0 Å². The highest BCUT2D eigenvalue weighted by Crippen LogP contribution is 2.02. The fourth-order valence-corrected chi connectivity index (χ4v) is 1.11. The van der Waals surface area contributed by atoms with Crippen LogP contribution >= 0.6 is 12.2 Å². The molecule has 0 aromatic carbocycles. The van der Waals surface area contributed by atoms with E-state index in [4.69, 9.17) is 17.3 Å². The first-order valence-corrected chi connectivity index (χ1v) is 4.63. The van der Waals surface area contributed by atoms with Gasteiger partial charge in [-0.15, -0.1) is 0 Å². The zero-order valence-corrected chi connectivity index (χ0v) is 8.52. The first kappa shape index (κ1) is 10.6. The Kier molecular flexibility index (Phi) is 3.58. The standard InChI is InChI=1S/C8H11N3O2S/c1-2-3-9-8-10-5(7(12)13)4-6(14)11-8/h4H,2-3H2,1H3,(H,12,13)(H2,9,10,11,14). The van der Waals surface area contributed by atoms with Crippen LogP contribution in [-0.4, -0.2) is 27.6 Å². The molecule has 5 nitrogen and oxygen atoms in total. The summed E-state index contributed by atoms with van der Waals surface area (Å²) in [5.74, 6) is -0.644. The third-order valence-electron chi connectivity index (χ3n) is 1.52. The summed E-state index contributed by atoms with van der Waals surface area (Å²) in [6.45, 7) is 2.73. The average molecular weight is 213 g/mol. The molecule has 0 fully saturated rings. The second kappa shape index (κ2) is 4.71. The van der Waals surface area contributed by atoms with Crippen molar-refractivity contribution in [2.24, 2.45) is 0 Å². The number of carboxylic acids is 1. The number of carboxylic acid groups (broad SMARTS) is 1. The quantitative estimate of drug-likeness (QED) is 0.663. The smallest absolute Gasteiger partial charge is 0.352 e. The van der Waals surface area contributed by atoms with Gasteiger partial charge in [-0.2, -0.15) is 0 Å². The molecule has 0 atom stereocenters. The largest absolute Gasteiger partial charge is 0.477 e. The van der Waals surface area contributed by atoms with Gasteiger partial charge in [0.1, 0.15) is 10.3 Å². The maximum Gasteiger partial charge on any atom is 0.352 e. The molecule has 0 aliphatic rings. The molecule has 1 heterocycles. The van der Waals surface area contributed by atoms with E-state index >= 15 is 0 Å². The monoisotopic (exact) mass is 213 g/mol. The number of hydrogen-bond donors (Lipinski definition) is 3. The van der Waals surface area contributed by atoms with Gasteiger partial charge in [0.2, 0.25) is 5.95 Å². The van der Waals surface area contributed by atoms with Crippen LogP contribution in [0.1, 0.15) is 23.8 Å². The minimum absolute atomic E-state index is 0.0450. The number of hydrogen-bond acceptors (Lipinski definition) is 4. The van der Waals surface area contributed by atoms with Crippen molar-refractivity contribution in [3.05, 3.63) is 16.4 Å². The molecule has 0 aliphatic heterocycles. The molecule has 1 aromatic rings. The number of rotatable bonds is 4. The topological polar surface area (TPSA) is 78.0 Å². The van der Waals surface area contributed by atoms with Gasteiger partial charge in [-0.3, -0.25) is 0 Å². The number of nitrogens with one attached hydrogen (secondary N) is 2. The van der Waals surface area contributed by atoms with E-state index in [9.17, 15) is 4.79 Å². The molecule has 0 amide bonds. The summed E-state index contributed by atoms with van der Waals surface area (Å²) in [7, 11) is 0. The predicted octanol–water partition coefficient (Wildman–Crippen LogP) is 1.66. The van der Waals surface area contributed by atoms with E-state index in [1.165, 1.54) is 6.07 Å². The van der Waals surface area contributed by atoms with Gasteiger partial charge in [0.15, 0.2) is 0 Å². The van der Waals surface area contributed by atoms with Crippen LogP contribution in [0.15, 0.2) is 6.07 Å². The Balaban J connectivity index is 2.95. The summed E-state index contributed by atoms with van der Waals surface area (Å²) in [6.07, 6.45) is 0.930. The molecule has 0 unspecified atom stereocenters. The van der Waals surface area contributed by atoms with Crippen LogP contribution in [-0.2, 0) is 0 Å².